The Morgan fingerprint density at radius 2 is 1.77 bits per heavy atom. The zero-order chi connectivity index (χ0) is 22.2. The van der Waals surface area contributed by atoms with Crippen LogP contribution >= 0.6 is 0 Å². The van der Waals surface area contributed by atoms with Crippen LogP contribution in [0.3, 0.4) is 0 Å². The van der Waals surface area contributed by atoms with E-state index in [1.54, 1.807) is 0 Å². The number of imidazole rings is 1. The average molecular weight is 425 g/mol. The third-order valence-corrected chi connectivity index (χ3v) is 4.81. The summed E-state index contributed by atoms with van der Waals surface area (Å²) in [6.07, 6.45) is -0.947. The van der Waals surface area contributed by atoms with Gasteiger partial charge in [0, 0.05) is 29.2 Å². The maximum Gasteiger partial charge on any atom is 0.573 e. The monoisotopic (exact) mass is 425 g/mol. The van der Waals surface area contributed by atoms with Crippen molar-refractivity contribution in [3.8, 4) is 17.0 Å². The standard InChI is InChI=1S/C23H18F3N3O2/c1-14-5-6-17(20-13-29-11-3-4-15(2)21(29)27-20)12-19(14)28-22(30)16-7-9-18(10-8-16)31-23(24,25)26/h3-13H,1-2H3,(H,28,30). The number of pyridine rings is 1. The number of aromatic nitrogens is 2. The van der Waals surface area contributed by atoms with Gasteiger partial charge in [-0.25, -0.2) is 4.98 Å². The third-order valence-electron chi connectivity index (χ3n) is 4.81. The molecule has 0 saturated heterocycles. The molecule has 0 spiro atoms. The first kappa shape index (κ1) is 20.5. The summed E-state index contributed by atoms with van der Waals surface area (Å²) in [5, 5.41) is 2.81. The second-order valence-corrected chi connectivity index (χ2v) is 7.10. The molecule has 4 aromatic rings. The van der Waals surface area contributed by atoms with E-state index in [1.807, 2.05) is 61.0 Å². The second kappa shape index (κ2) is 7.79. The van der Waals surface area contributed by atoms with Crippen LogP contribution in [0.25, 0.3) is 16.9 Å². The lowest BCUT2D eigenvalue weighted by molar-refractivity contribution is -0.274. The lowest BCUT2D eigenvalue weighted by Crippen LogP contribution is -2.17. The molecule has 2 aromatic carbocycles. The number of carbonyl (C=O) groups is 1. The first-order chi connectivity index (χ1) is 14.7. The molecule has 31 heavy (non-hydrogen) atoms. The van der Waals surface area contributed by atoms with Crippen molar-refractivity contribution in [1.82, 2.24) is 9.38 Å². The molecule has 4 rings (SSSR count). The number of ether oxygens (including phenoxy) is 1. The van der Waals surface area contributed by atoms with E-state index in [0.717, 1.165) is 40.2 Å². The van der Waals surface area contributed by atoms with E-state index in [0.29, 0.717) is 5.69 Å². The van der Waals surface area contributed by atoms with Crippen molar-refractivity contribution >= 4 is 17.2 Å². The number of nitrogens with one attached hydrogen (secondary N) is 1. The topological polar surface area (TPSA) is 55.6 Å². The van der Waals surface area contributed by atoms with Gasteiger partial charge in [-0.3, -0.25) is 4.79 Å². The van der Waals surface area contributed by atoms with Crippen molar-refractivity contribution in [3.63, 3.8) is 0 Å². The number of hydrogen-bond acceptors (Lipinski definition) is 3. The van der Waals surface area contributed by atoms with Crippen molar-refractivity contribution in [2.75, 3.05) is 5.32 Å². The number of hydrogen-bond donors (Lipinski definition) is 1. The first-order valence-corrected chi connectivity index (χ1v) is 9.42. The highest BCUT2D eigenvalue weighted by Crippen LogP contribution is 2.27. The number of alkyl halides is 3. The van der Waals surface area contributed by atoms with Gasteiger partial charge in [-0.1, -0.05) is 18.2 Å². The Bertz CT molecular complexity index is 1260. The van der Waals surface area contributed by atoms with Gasteiger partial charge in [-0.05, 0) is 61.4 Å². The predicted molar refractivity (Wildman–Crippen MR) is 111 cm³/mol. The van der Waals surface area contributed by atoms with E-state index in [2.05, 4.69) is 15.0 Å². The highest BCUT2D eigenvalue weighted by atomic mass is 19.4. The number of rotatable bonds is 4. The summed E-state index contributed by atoms with van der Waals surface area (Å²) in [6, 6.07) is 14.3. The van der Waals surface area contributed by atoms with Crippen LogP contribution in [0.4, 0.5) is 18.9 Å². The molecule has 8 heteroatoms. The fourth-order valence-corrected chi connectivity index (χ4v) is 3.21. The normalized spacial score (nSPS) is 11.5. The van der Waals surface area contributed by atoms with Crippen molar-refractivity contribution in [1.29, 1.82) is 0 Å². The van der Waals surface area contributed by atoms with Gasteiger partial charge in [0.25, 0.3) is 5.91 Å². The maximum absolute atomic E-state index is 12.6. The van der Waals surface area contributed by atoms with Crippen LogP contribution in [-0.4, -0.2) is 21.7 Å². The fourth-order valence-electron chi connectivity index (χ4n) is 3.21. The predicted octanol–water partition coefficient (Wildman–Crippen LogP) is 5.77. The summed E-state index contributed by atoms with van der Waals surface area (Å²) in [5.41, 5.74) is 5.14. The minimum Gasteiger partial charge on any atom is -0.406 e. The molecule has 2 heterocycles. The lowest BCUT2D eigenvalue weighted by atomic mass is 10.1. The second-order valence-electron chi connectivity index (χ2n) is 7.10. The maximum atomic E-state index is 12.6. The summed E-state index contributed by atoms with van der Waals surface area (Å²) in [6.45, 7) is 3.84. The molecule has 0 unspecified atom stereocenters. The van der Waals surface area contributed by atoms with Gasteiger partial charge in [0.05, 0.1) is 5.69 Å². The van der Waals surface area contributed by atoms with Gasteiger partial charge < -0.3 is 14.5 Å². The minimum absolute atomic E-state index is 0.211. The third kappa shape index (κ3) is 4.53. The Labute approximate surface area is 176 Å². The molecule has 1 amide bonds. The van der Waals surface area contributed by atoms with Gasteiger partial charge in [0.1, 0.15) is 11.4 Å². The minimum atomic E-state index is -4.78. The van der Waals surface area contributed by atoms with Crippen molar-refractivity contribution in [2.45, 2.75) is 20.2 Å². The van der Waals surface area contributed by atoms with Crippen molar-refractivity contribution in [2.24, 2.45) is 0 Å². The largest absolute Gasteiger partial charge is 0.573 e. The molecular formula is C23H18F3N3O2. The molecule has 158 valence electrons. The van der Waals surface area contributed by atoms with Crippen LogP contribution in [0.15, 0.2) is 67.0 Å². The van der Waals surface area contributed by atoms with Crippen LogP contribution in [-0.2, 0) is 0 Å². The highest BCUT2D eigenvalue weighted by Gasteiger charge is 2.31. The smallest absolute Gasteiger partial charge is 0.406 e. The Hall–Kier alpha value is -3.81. The number of benzene rings is 2. The van der Waals surface area contributed by atoms with Crippen LogP contribution in [0.1, 0.15) is 21.5 Å². The molecule has 0 atom stereocenters. The molecule has 0 aliphatic carbocycles. The van der Waals surface area contributed by atoms with Gasteiger partial charge in [-0.15, -0.1) is 13.2 Å². The molecular weight excluding hydrogens is 407 g/mol. The van der Waals surface area contributed by atoms with Gasteiger partial charge in [-0.2, -0.15) is 0 Å². The van der Waals surface area contributed by atoms with E-state index in [1.165, 1.54) is 12.1 Å². The zero-order valence-electron chi connectivity index (χ0n) is 16.7. The summed E-state index contributed by atoms with van der Waals surface area (Å²) < 4.78 is 42.6. The molecule has 0 radical (unpaired) electrons. The van der Waals surface area contributed by atoms with E-state index in [4.69, 9.17) is 0 Å². The Balaban J connectivity index is 1.57. The molecule has 2 aromatic heterocycles. The van der Waals surface area contributed by atoms with E-state index < -0.39 is 12.3 Å². The van der Waals surface area contributed by atoms with E-state index in [9.17, 15) is 18.0 Å². The van der Waals surface area contributed by atoms with Crippen molar-refractivity contribution < 1.29 is 22.7 Å². The number of carbonyl (C=O) groups excluding carboxylic acids is 1. The Morgan fingerprint density at radius 3 is 2.45 bits per heavy atom. The average Bonchev–Trinajstić information content (AvgIpc) is 3.15. The molecule has 0 aliphatic heterocycles. The number of nitrogens with zero attached hydrogens (tertiary/aromatic N) is 2. The van der Waals surface area contributed by atoms with E-state index >= 15 is 0 Å². The number of aryl methyl sites for hydroxylation is 2. The number of fused-ring (bicyclic) bond motifs is 1. The number of anilines is 1. The van der Waals surface area contributed by atoms with Crippen LogP contribution in [0.5, 0.6) is 5.75 Å². The summed E-state index contributed by atoms with van der Waals surface area (Å²) in [7, 11) is 0. The molecule has 0 fully saturated rings. The molecule has 0 aliphatic rings. The lowest BCUT2D eigenvalue weighted by Gasteiger charge is -2.11. The van der Waals surface area contributed by atoms with Gasteiger partial charge >= 0.3 is 6.36 Å². The van der Waals surface area contributed by atoms with Crippen LogP contribution in [0.2, 0.25) is 0 Å². The van der Waals surface area contributed by atoms with Crippen molar-refractivity contribution in [3.05, 3.63) is 83.7 Å². The molecule has 5 nitrogen and oxygen atoms in total. The summed E-state index contributed by atoms with van der Waals surface area (Å²) in [4.78, 5) is 17.3. The zero-order valence-corrected chi connectivity index (χ0v) is 16.7. The van der Waals surface area contributed by atoms with E-state index in [-0.39, 0.29) is 11.3 Å². The number of amides is 1. The summed E-state index contributed by atoms with van der Waals surface area (Å²) >= 11 is 0. The SMILES string of the molecule is Cc1ccc(-c2cn3cccc(C)c3n2)cc1NC(=O)c1ccc(OC(F)(F)F)cc1. The van der Waals surface area contributed by atoms with Crippen LogP contribution < -0.4 is 10.1 Å². The van der Waals surface area contributed by atoms with Crippen LogP contribution in [0, 0.1) is 13.8 Å². The molecule has 0 bridgehead atoms. The molecule has 0 saturated carbocycles. The van der Waals surface area contributed by atoms with Gasteiger partial charge in [0.15, 0.2) is 0 Å². The Kier molecular flexibility index (Phi) is 5.14. The quantitative estimate of drug-likeness (QED) is 0.452. The molecule has 1 N–H and O–H groups in total. The van der Waals surface area contributed by atoms with Gasteiger partial charge in [0.2, 0.25) is 0 Å². The first-order valence-electron chi connectivity index (χ1n) is 9.42. The Morgan fingerprint density at radius 1 is 1.03 bits per heavy atom. The fraction of sp³-hybridized carbons (Fsp3) is 0.130. The number of halogens is 3. The highest BCUT2D eigenvalue weighted by molar-refractivity contribution is 6.05. The summed E-state index contributed by atoms with van der Waals surface area (Å²) in [5.74, 6) is -0.825.